The fourth-order valence-electron chi connectivity index (χ4n) is 1.70. The van der Waals surface area contributed by atoms with Crippen molar-refractivity contribution in [1.29, 1.82) is 5.26 Å². The topological polar surface area (TPSA) is 59.3 Å². The minimum absolute atomic E-state index is 0.143. The quantitative estimate of drug-likeness (QED) is 0.579. The molecule has 22 heavy (non-hydrogen) atoms. The zero-order chi connectivity index (χ0) is 17.0. The highest BCUT2D eigenvalue weighted by atomic mass is 28.4. The van der Waals surface area contributed by atoms with Crippen LogP contribution in [-0.4, -0.2) is 21.2 Å². The molecule has 0 atom stereocenters. The molecule has 0 aliphatic carbocycles. The third-order valence-corrected chi connectivity index (χ3v) is 8.69. The molecular weight excluding hydrogens is 294 g/mol. The zero-order valence-electron chi connectivity index (χ0n) is 14.3. The lowest BCUT2D eigenvalue weighted by Gasteiger charge is -2.36. The van der Waals surface area contributed by atoms with Gasteiger partial charge in [0.25, 0.3) is 0 Å². The lowest BCUT2D eigenvalue weighted by molar-refractivity contribution is 0.0994. The summed E-state index contributed by atoms with van der Waals surface area (Å²) in [5.74, 6) is 0.271. The first-order valence-electron chi connectivity index (χ1n) is 7.33. The first-order chi connectivity index (χ1) is 10.1. The van der Waals surface area contributed by atoms with Crippen LogP contribution in [0.4, 0.5) is 0 Å². The van der Waals surface area contributed by atoms with Gasteiger partial charge in [0.2, 0.25) is 0 Å². The van der Waals surface area contributed by atoms with Crippen molar-refractivity contribution in [3.8, 4) is 11.8 Å². The lowest BCUT2D eigenvalue weighted by Crippen LogP contribution is -2.40. The van der Waals surface area contributed by atoms with Crippen LogP contribution in [0.1, 0.15) is 43.1 Å². The van der Waals surface area contributed by atoms with Gasteiger partial charge in [-0.2, -0.15) is 5.26 Å². The summed E-state index contributed by atoms with van der Waals surface area (Å²) in [6.07, 6.45) is -0.143. The Morgan fingerprint density at radius 2 is 1.95 bits per heavy atom. The van der Waals surface area contributed by atoms with Gasteiger partial charge in [-0.1, -0.05) is 26.8 Å². The average Bonchev–Trinajstić information content (AvgIpc) is 2.43. The summed E-state index contributed by atoms with van der Waals surface area (Å²) < 4.78 is 11.5. The van der Waals surface area contributed by atoms with E-state index in [4.69, 9.17) is 14.4 Å². The van der Waals surface area contributed by atoms with Gasteiger partial charge in [-0.25, -0.2) is 0 Å². The van der Waals surface area contributed by atoms with Crippen LogP contribution in [0.3, 0.4) is 0 Å². The second-order valence-corrected chi connectivity index (χ2v) is 11.7. The second kappa shape index (κ2) is 7.08. The molecule has 0 fully saturated rings. The van der Waals surface area contributed by atoms with Crippen molar-refractivity contribution in [2.45, 2.75) is 51.9 Å². The smallest absolute Gasteiger partial charge is 0.192 e. The van der Waals surface area contributed by atoms with E-state index < -0.39 is 8.32 Å². The standard InChI is InChI=1S/C17H25NO3Si/c1-17(2,3)22(5,6)21-12-13-7-8-14(15(19)9-10-18)16(11-13)20-4/h7-8,11H,9,12H2,1-6H3. The molecule has 0 aromatic heterocycles. The van der Waals surface area contributed by atoms with Crippen LogP contribution >= 0.6 is 0 Å². The highest BCUT2D eigenvalue weighted by Gasteiger charge is 2.37. The third kappa shape index (κ3) is 4.42. The number of Topliss-reactive ketones (excluding diaryl/α,β-unsaturated/α-hetero) is 1. The predicted molar refractivity (Wildman–Crippen MR) is 89.5 cm³/mol. The minimum Gasteiger partial charge on any atom is -0.496 e. The molecule has 0 aliphatic rings. The number of ketones is 1. The van der Waals surface area contributed by atoms with E-state index in [2.05, 4.69) is 33.9 Å². The molecule has 0 radical (unpaired) electrons. The molecule has 0 bridgehead atoms. The van der Waals surface area contributed by atoms with E-state index in [0.717, 1.165) is 5.56 Å². The van der Waals surface area contributed by atoms with Crippen LogP contribution < -0.4 is 4.74 Å². The number of methoxy groups -OCH3 is 1. The number of nitrogens with zero attached hydrogens (tertiary/aromatic N) is 1. The number of nitriles is 1. The Morgan fingerprint density at radius 3 is 2.45 bits per heavy atom. The van der Waals surface area contributed by atoms with E-state index in [1.807, 2.05) is 18.2 Å². The van der Waals surface area contributed by atoms with Gasteiger partial charge < -0.3 is 9.16 Å². The molecule has 0 aliphatic heterocycles. The van der Waals surface area contributed by atoms with Crippen molar-refractivity contribution in [1.82, 2.24) is 0 Å². The van der Waals surface area contributed by atoms with Crippen LogP contribution in [0, 0.1) is 11.3 Å². The molecule has 0 spiro atoms. The number of carbonyl (C=O) groups is 1. The zero-order valence-corrected chi connectivity index (χ0v) is 15.3. The Balaban J connectivity index is 2.91. The maximum atomic E-state index is 11.9. The van der Waals surface area contributed by atoms with Gasteiger partial charge in [-0.3, -0.25) is 4.79 Å². The lowest BCUT2D eigenvalue weighted by atomic mass is 10.1. The van der Waals surface area contributed by atoms with Crippen molar-refractivity contribution >= 4 is 14.1 Å². The van der Waals surface area contributed by atoms with Gasteiger partial charge in [0, 0.05) is 0 Å². The van der Waals surface area contributed by atoms with Crippen LogP contribution in [0.15, 0.2) is 18.2 Å². The highest BCUT2D eigenvalue weighted by Crippen LogP contribution is 2.37. The van der Waals surface area contributed by atoms with E-state index in [1.54, 1.807) is 6.07 Å². The van der Waals surface area contributed by atoms with Gasteiger partial charge in [-0.15, -0.1) is 0 Å². The molecule has 0 amide bonds. The Bertz CT molecular complexity index is 583. The largest absolute Gasteiger partial charge is 0.496 e. The van der Waals surface area contributed by atoms with E-state index in [1.165, 1.54) is 7.11 Å². The summed E-state index contributed by atoms with van der Waals surface area (Å²) in [5, 5.41) is 8.79. The molecule has 1 rings (SSSR count). The molecule has 0 saturated heterocycles. The van der Waals surface area contributed by atoms with Crippen molar-refractivity contribution < 1.29 is 14.0 Å². The van der Waals surface area contributed by atoms with Crippen molar-refractivity contribution in [3.63, 3.8) is 0 Å². The normalized spacial score (nSPS) is 11.9. The fourth-order valence-corrected chi connectivity index (χ4v) is 2.66. The Hall–Kier alpha value is -1.64. The van der Waals surface area contributed by atoms with Crippen molar-refractivity contribution in [2.24, 2.45) is 0 Å². The molecule has 5 heteroatoms. The number of hydrogen-bond acceptors (Lipinski definition) is 4. The molecule has 0 N–H and O–H groups in total. The summed E-state index contributed by atoms with van der Waals surface area (Å²) in [4.78, 5) is 11.9. The summed E-state index contributed by atoms with van der Waals surface area (Å²) >= 11 is 0. The van der Waals surface area contributed by atoms with Gasteiger partial charge in [0.05, 0.1) is 31.8 Å². The number of benzene rings is 1. The summed E-state index contributed by atoms with van der Waals surface area (Å²) in [6.45, 7) is 11.5. The molecule has 4 nitrogen and oxygen atoms in total. The maximum absolute atomic E-state index is 11.9. The molecule has 0 heterocycles. The number of rotatable bonds is 6. The van der Waals surface area contributed by atoms with E-state index in [0.29, 0.717) is 17.9 Å². The van der Waals surface area contributed by atoms with Crippen LogP contribution in [-0.2, 0) is 11.0 Å². The number of hydrogen-bond donors (Lipinski definition) is 0. The van der Waals surface area contributed by atoms with Crippen LogP contribution in [0.25, 0.3) is 0 Å². The van der Waals surface area contributed by atoms with Crippen molar-refractivity contribution in [3.05, 3.63) is 29.3 Å². The maximum Gasteiger partial charge on any atom is 0.192 e. The average molecular weight is 319 g/mol. The SMILES string of the molecule is COc1cc(CO[Si](C)(C)C(C)(C)C)ccc1C(=O)CC#N. The molecule has 1 aromatic carbocycles. The van der Waals surface area contributed by atoms with Gasteiger partial charge in [0.15, 0.2) is 14.1 Å². The monoisotopic (exact) mass is 319 g/mol. The van der Waals surface area contributed by atoms with E-state index in [9.17, 15) is 4.79 Å². The second-order valence-electron chi connectivity index (χ2n) is 6.84. The third-order valence-electron chi connectivity index (χ3n) is 4.21. The molecular formula is C17H25NO3Si. The Morgan fingerprint density at radius 1 is 1.32 bits per heavy atom. The minimum atomic E-state index is -1.81. The first kappa shape index (κ1) is 18.4. The molecule has 1 aromatic rings. The summed E-state index contributed by atoms with van der Waals surface area (Å²) in [7, 11) is -0.289. The summed E-state index contributed by atoms with van der Waals surface area (Å²) in [5.41, 5.74) is 1.41. The molecule has 0 unspecified atom stereocenters. The van der Waals surface area contributed by atoms with Gasteiger partial charge >= 0.3 is 0 Å². The number of ether oxygens (including phenoxy) is 1. The van der Waals surface area contributed by atoms with E-state index >= 15 is 0 Å². The Labute approximate surface area is 134 Å². The first-order valence-corrected chi connectivity index (χ1v) is 10.2. The Kier molecular flexibility index (Phi) is 5.92. The van der Waals surface area contributed by atoms with Crippen molar-refractivity contribution in [2.75, 3.05) is 7.11 Å². The predicted octanol–water partition coefficient (Wildman–Crippen LogP) is 4.31. The fraction of sp³-hybridized carbons (Fsp3) is 0.529. The molecule has 0 saturated carbocycles. The summed E-state index contributed by atoms with van der Waals surface area (Å²) in [6, 6.07) is 7.26. The van der Waals surface area contributed by atoms with E-state index in [-0.39, 0.29) is 17.2 Å². The van der Waals surface area contributed by atoms with Crippen LogP contribution in [0.5, 0.6) is 5.75 Å². The molecule has 120 valence electrons. The highest BCUT2D eigenvalue weighted by molar-refractivity contribution is 6.74. The van der Waals surface area contributed by atoms with Gasteiger partial charge in [0.1, 0.15) is 5.75 Å². The number of carbonyl (C=O) groups excluding carboxylic acids is 1. The van der Waals surface area contributed by atoms with Gasteiger partial charge in [-0.05, 0) is 35.8 Å². The van der Waals surface area contributed by atoms with Crippen LogP contribution in [0.2, 0.25) is 18.1 Å².